The van der Waals surface area contributed by atoms with Crippen LogP contribution in [-0.4, -0.2) is 26.2 Å². The molecule has 0 aliphatic rings. The van der Waals surface area contributed by atoms with Crippen LogP contribution in [0.25, 0.3) is 0 Å². The minimum absolute atomic E-state index is 0.00918. The minimum Gasteiger partial charge on any atom is -0.493 e. The van der Waals surface area contributed by atoms with Crippen LogP contribution < -0.4 is 14.8 Å². The van der Waals surface area contributed by atoms with Crippen LogP contribution in [0.5, 0.6) is 11.5 Å². The van der Waals surface area contributed by atoms with Crippen LogP contribution in [0.15, 0.2) is 48.5 Å². The highest BCUT2D eigenvalue weighted by Gasteiger charge is 2.20. The average Bonchev–Trinajstić information content (AvgIpc) is 2.59. The lowest BCUT2D eigenvalue weighted by molar-refractivity contribution is -0.0515. The fourth-order valence-electron chi connectivity index (χ4n) is 2.31. The van der Waals surface area contributed by atoms with Crippen LogP contribution >= 0.6 is 0 Å². The van der Waals surface area contributed by atoms with Gasteiger partial charge in [-0.2, -0.15) is 8.78 Å². The number of nitrogens with one attached hydrogen (secondary N) is 1. The van der Waals surface area contributed by atoms with Gasteiger partial charge >= 0.3 is 6.61 Å². The molecule has 4 nitrogen and oxygen atoms in total. The molecule has 0 saturated heterocycles. The van der Waals surface area contributed by atoms with E-state index in [-0.39, 0.29) is 23.0 Å². The topological polar surface area (TPSA) is 47.6 Å². The van der Waals surface area contributed by atoms with Crippen molar-refractivity contribution in [3.63, 3.8) is 0 Å². The number of carbonyl (C=O) groups excluding carboxylic acids is 1. The van der Waals surface area contributed by atoms with Crippen LogP contribution in [0.4, 0.5) is 8.78 Å². The van der Waals surface area contributed by atoms with Gasteiger partial charge in [0.15, 0.2) is 11.5 Å². The van der Waals surface area contributed by atoms with Crippen LogP contribution in [0.2, 0.25) is 0 Å². The van der Waals surface area contributed by atoms with E-state index >= 15 is 0 Å². The molecule has 128 valence electrons. The lowest BCUT2D eigenvalue weighted by atomic mass is 10.0. The maximum atomic E-state index is 12.6. The Morgan fingerprint density at radius 1 is 1.12 bits per heavy atom. The summed E-state index contributed by atoms with van der Waals surface area (Å²) in [6, 6.07) is 14.1. The zero-order valence-corrected chi connectivity index (χ0v) is 13.5. The van der Waals surface area contributed by atoms with E-state index in [1.807, 2.05) is 37.3 Å². The molecule has 1 unspecified atom stereocenters. The van der Waals surface area contributed by atoms with E-state index in [9.17, 15) is 13.6 Å². The van der Waals surface area contributed by atoms with E-state index in [1.54, 1.807) is 6.07 Å². The third kappa shape index (κ3) is 4.44. The molecule has 0 aliphatic carbocycles. The minimum atomic E-state index is -3.05. The maximum absolute atomic E-state index is 12.6. The van der Waals surface area contributed by atoms with Gasteiger partial charge in [0.1, 0.15) is 0 Å². The van der Waals surface area contributed by atoms with Crippen molar-refractivity contribution in [2.75, 3.05) is 13.7 Å². The van der Waals surface area contributed by atoms with Crippen molar-refractivity contribution in [1.82, 2.24) is 5.32 Å². The molecule has 2 rings (SSSR count). The van der Waals surface area contributed by atoms with Gasteiger partial charge in [0, 0.05) is 6.54 Å². The van der Waals surface area contributed by atoms with Gasteiger partial charge in [-0.3, -0.25) is 4.79 Å². The Labute approximate surface area is 139 Å². The van der Waals surface area contributed by atoms with Gasteiger partial charge in [0.2, 0.25) is 0 Å². The molecule has 1 amide bonds. The molecule has 0 radical (unpaired) electrons. The zero-order chi connectivity index (χ0) is 17.5. The molecule has 0 aliphatic heterocycles. The second kappa shape index (κ2) is 8.29. The second-order valence-electron chi connectivity index (χ2n) is 5.24. The summed E-state index contributed by atoms with van der Waals surface area (Å²) in [6.07, 6.45) is 0. The molecule has 2 aromatic carbocycles. The molecular formula is C18H19F2NO3. The maximum Gasteiger partial charge on any atom is 0.387 e. The van der Waals surface area contributed by atoms with Gasteiger partial charge in [-0.25, -0.2) is 0 Å². The first-order valence-electron chi connectivity index (χ1n) is 7.48. The second-order valence-corrected chi connectivity index (χ2v) is 5.24. The summed E-state index contributed by atoms with van der Waals surface area (Å²) in [5.74, 6) is -0.591. The lowest BCUT2D eigenvalue weighted by Crippen LogP contribution is -2.28. The SMILES string of the molecule is COc1cccc(C(=O)NCC(C)c2ccccc2)c1OC(F)F. The Morgan fingerprint density at radius 3 is 2.46 bits per heavy atom. The van der Waals surface area contributed by atoms with Crippen molar-refractivity contribution in [2.24, 2.45) is 0 Å². The predicted molar refractivity (Wildman–Crippen MR) is 86.8 cm³/mol. The van der Waals surface area contributed by atoms with Gasteiger partial charge in [0.05, 0.1) is 12.7 Å². The Morgan fingerprint density at radius 2 is 1.83 bits per heavy atom. The molecule has 0 saturated carbocycles. The van der Waals surface area contributed by atoms with Gasteiger partial charge < -0.3 is 14.8 Å². The number of para-hydroxylation sites is 1. The molecule has 0 fully saturated rings. The van der Waals surface area contributed by atoms with Crippen molar-refractivity contribution in [2.45, 2.75) is 19.5 Å². The van der Waals surface area contributed by atoms with Crippen molar-refractivity contribution in [3.05, 3.63) is 59.7 Å². The molecular weight excluding hydrogens is 316 g/mol. The van der Waals surface area contributed by atoms with E-state index < -0.39 is 12.5 Å². The fraction of sp³-hybridized carbons (Fsp3) is 0.278. The van der Waals surface area contributed by atoms with Crippen molar-refractivity contribution in [1.29, 1.82) is 0 Å². The smallest absolute Gasteiger partial charge is 0.387 e. The Balaban J connectivity index is 2.12. The summed E-state index contributed by atoms with van der Waals surface area (Å²) < 4.78 is 34.7. The van der Waals surface area contributed by atoms with Crippen molar-refractivity contribution in [3.8, 4) is 11.5 Å². The highest BCUT2D eigenvalue weighted by atomic mass is 19.3. The molecule has 24 heavy (non-hydrogen) atoms. The standard InChI is InChI=1S/C18H19F2NO3/c1-12(13-7-4-3-5-8-13)11-21-17(22)14-9-6-10-15(23-2)16(14)24-18(19)20/h3-10,12,18H,11H2,1-2H3,(H,21,22). The molecule has 2 aromatic rings. The summed E-state index contributed by atoms with van der Waals surface area (Å²) in [5.41, 5.74) is 1.09. The summed E-state index contributed by atoms with van der Waals surface area (Å²) in [7, 11) is 1.33. The molecule has 0 spiro atoms. The van der Waals surface area contributed by atoms with E-state index in [1.165, 1.54) is 19.2 Å². The van der Waals surface area contributed by atoms with Gasteiger partial charge in [-0.15, -0.1) is 0 Å². The monoisotopic (exact) mass is 335 g/mol. The van der Waals surface area contributed by atoms with E-state index in [0.29, 0.717) is 6.54 Å². The molecule has 0 heterocycles. The summed E-state index contributed by atoms with van der Waals surface area (Å²) >= 11 is 0. The molecule has 1 N–H and O–H groups in total. The Bertz CT molecular complexity index is 677. The van der Waals surface area contributed by atoms with Crippen LogP contribution in [-0.2, 0) is 0 Å². The summed E-state index contributed by atoms with van der Waals surface area (Å²) in [5, 5.41) is 2.74. The largest absolute Gasteiger partial charge is 0.493 e. The molecule has 6 heteroatoms. The van der Waals surface area contributed by atoms with E-state index in [2.05, 4.69) is 10.1 Å². The van der Waals surface area contributed by atoms with Gasteiger partial charge in [-0.1, -0.05) is 43.3 Å². The number of rotatable bonds is 7. The average molecular weight is 335 g/mol. The third-order valence-electron chi connectivity index (χ3n) is 3.59. The first-order valence-corrected chi connectivity index (χ1v) is 7.48. The Kier molecular flexibility index (Phi) is 6.12. The van der Waals surface area contributed by atoms with Crippen LogP contribution in [0.1, 0.15) is 28.8 Å². The highest BCUT2D eigenvalue weighted by molar-refractivity contribution is 5.97. The number of benzene rings is 2. The predicted octanol–water partition coefficient (Wildman–Crippen LogP) is 3.83. The zero-order valence-electron chi connectivity index (χ0n) is 13.5. The summed E-state index contributed by atoms with van der Waals surface area (Å²) in [6.45, 7) is -0.706. The van der Waals surface area contributed by atoms with E-state index in [4.69, 9.17) is 4.74 Å². The fourth-order valence-corrected chi connectivity index (χ4v) is 2.31. The normalized spacial score (nSPS) is 11.9. The Hall–Kier alpha value is -2.63. The lowest BCUT2D eigenvalue weighted by Gasteiger charge is -2.16. The molecule has 0 aromatic heterocycles. The third-order valence-corrected chi connectivity index (χ3v) is 3.59. The van der Waals surface area contributed by atoms with Crippen molar-refractivity contribution < 1.29 is 23.0 Å². The number of hydrogen-bond acceptors (Lipinski definition) is 3. The van der Waals surface area contributed by atoms with E-state index in [0.717, 1.165) is 5.56 Å². The number of alkyl halides is 2. The first kappa shape index (κ1) is 17.7. The number of methoxy groups -OCH3 is 1. The van der Waals surface area contributed by atoms with Gasteiger partial charge in [0.25, 0.3) is 5.91 Å². The van der Waals surface area contributed by atoms with Crippen molar-refractivity contribution >= 4 is 5.91 Å². The number of carbonyl (C=O) groups is 1. The van der Waals surface area contributed by atoms with Crippen LogP contribution in [0.3, 0.4) is 0 Å². The number of halogens is 2. The van der Waals surface area contributed by atoms with Gasteiger partial charge in [-0.05, 0) is 23.6 Å². The molecule has 1 atom stereocenters. The number of amides is 1. The molecule has 0 bridgehead atoms. The quantitative estimate of drug-likeness (QED) is 0.836. The number of hydrogen-bond donors (Lipinski definition) is 1. The highest BCUT2D eigenvalue weighted by Crippen LogP contribution is 2.32. The summed E-state index contributed by atoms with van der Waals surface area (Å²) in [4.78, 5) is 12.4. The van der Waals surface area contributed by atoms with Crippen LogP contribution in [0, 0.1) is 0 Å². The first-order chi connectivity index (χ1) is 11.5. The number of ether oxygens (including phenoxy) is 2.